The number of aliphatic hydroxyl groups is 1. The van der Waals surface area contributed by atoms with E-state index in [2.05, 4.69) is 5.10 Å². The van der Waals surface area contributed by atoms with E-state index in [1.54, 1.807) is 24.3 Å². The summed E-state index contributed by atoms with van der Waals surface area (Å²) in [7, 11) is 0. The van der Waals surface area contributed by atoms with Crippen LogP contribution in [-0.2, 0) is 13.2 Å². The summed E-state index contributed by atoms with van der Waals surface area (Å²) < 4.78 is 6.94. The maximum absolute atomic E-state index is 12.5. The van der Waals surface area contributed by atoms with E-state index in [-0.39, 0.29) is 17.4 Å². The van der Waals surface area contributed by atoms with Crippen molar-refractivity contribution in [2.75, 3.05) is 0 Å². The molecule has 1 heterocycles. The average Bonchev–Trinajstić information content (AvgIpc) is 2.63. The molecule has 0 atom stereocenters. The van der Waals surface area contributed by atoms with E-state index in [1.807, 2.05) is 31.2 Å². The lowest BCUT2D eigenvalue weighted by Crippen LogP contribution is -2.24. The second-order valence-corrected chi connectivity index (χ2v) is 5.99. The number of halogens is 1. The Labute approximate surface area is 150 Å². The molecule has 2 aromatic carbocycles. The van der Waals surface area contributed by atoms with E-state index < -0.39 is 5.56 Å². The molecule has 0 amide bonds. The first-order valence-corrected chi connectivity index (χ1v) is 8.14. The van der Waals surface area contributed by atoms with Gasteiger partial charge in [-0.05, 0) is 35.7 Å². The molecule has 25 heavy (non-hydrogen) atoms. The monoisotopic (exact) mass is 356 g/mol. The smallest absolute Gasteiger partial charge is 0.289 e. The summed E-state index contributed by atoms with van der Waals surface area (Å²) in [6.45, 7) is 2.28. The van der Waals surface area contributed by atoms with Gasteiger partial charge in [-0.25, -0.2) is 4.68 Å². The number of rotatable bonds is 5. The number of aryl methyl sites for hydroxylation is 1. The third-order valence-corrected chi connectivity index (χ3v) is 4.22. The molecule has 0 aliphatic heterocycles. The summed E-state index contributed by atoms with van der Waals surface area (Å²) in [6.07, 6.45) is 1.43. The molecule has 6 heteroatoms. The van der Waals surface area contributed by atoms with E-state index in [1.165, 1.54) is 10.9 Å². The zero-order valence-corrected chi connectivity index (χ0v) is 14.4. The van der Waals surface area contributed by atoms with Gasteiger partial charge in [0.25, 0.3) is 5.56 Å². The Bertz CT molecular complexity index is 936. The van der Waals surface area contributed by atoms with E-state index in [9.17, 15) is 4.79 Å². The summed E-state index contributed by atoms with van der Waals surface area (Å²) in [5.74, 6) is 0.710. The highest BCUT2D eigenvalue weighted by Gasteiger charge is 2.12. The van der Waals surface area contributed by atoms with Gasteiger partial charge in [-0.3, -0.25) is 4.79 Å². The van der Waals surface area contributed by atoms with Crippen molar-refractivity contribution < 1.29 is 9.84 Å². The van der Waals surface area contributed by atoms with Crippen molar-refractivity contribution in [2.24, 2.45) is 0 Å². The zero-order chi connectivity index (χ0) is 17.8. The number of aromatic nitrogens is 2. The molecule has 3 rings (SSSR count). The zero-order valence-electron chi connectivity index (χ0n) is 13.6. The third-order valence-electron chi connectivity index (χ3n) is 3.87. The van der Waals surface area contributed by atoms with Gasteiger partial charge in [0.2, 0.25) is 0 Å². The third kappa shape index (κ3) is 3.90. The molecule has 0 saturated carbocycles. The fourth-order valence-electron chi connectivity index (χ4n) is 2.37. The molecule has 0 saturated heterocycles. The van der Waals surface area contributed by atoms with Crippen LogP contribution in [0.2, 0.25) is 5.02 Å². The number of nitrogens with zero attached hydrogens (tertiary/aromatic N) is 2. The average molecular weight is 357 g/mol. The van der Waals surface area contributed by atoms with Crippen LogP contribution in [0.5, 0.6) is 11.5 Å². The van der Waals surface area contributed by atoms with Crippen LogP contribution in [0, 0.1) is 6.92 Å². The minimum Gasteiger partial charge on any atom is -0.454 e. The Morgan fingerprint density at radius 3 is 2.56 bits per heavy atom. The van der Waals surface area contributed by atoms with Crippen molar-refractivity contribution in [1.29, 1.82) is 0 Å². The minimum absolute atomic E-state index is 0.0187. The van der Waals surface area contributed by atoms with Crippen LogP contribution in [0.1, 0.15) is 16.7 Å². The van der Waals surface area contributed by atoms with Gasteiger partial charge in [0, 0.05) is 0 Å². The molecule has 5 nitrogen and oxygen atoms in total. The maximum Gasteiger partial charge on any atom is 0.289 e. The lowest BCUT2D eigenvalue weighted by atomic mass is 10.1. The maximum atomic E-state index is 12.5. The van der Waals surface area contributed by atoms with Crippen molar-refractivity contribution in [3.63, 3.8) is 0 Å². The van der Waals surface area contributed by atoms with Crippen molar-refractivity contribution in [3.8, 4) is 11.5 Å². The highest BCUT2D eigenvalue weighted by Crippen LogP contribution is 2.26. The summed E-state index contributed by atoms with van der Waals surface area (Å²) in [5.41, 5.74) is 2.44. The van der Waals surface area contributed by atoms with Crippen LogP contribution < -0.4 is 10.3 Å². The number of benzene rings is 2. The van der Waals surface area contributed by atoms with Gasteiger partial charge < -0.3 is 9.84 Å². The summed E-state index contributed by atoms with van der Waals surface area (Å²) in [5, 5.41) is 13.2. The fourth-order valence-corrected chi connectivity index (χ4v) is 2.56. The van der Waals surface area contributed by atoms with Crippen molar-refractivity contribution >= 4 is 11.6 Å². The molecule has 3 aromatic rings. The van der Waals surface area contributed by atoms with E-state index in [0.717, 1.165) is 16.7 Å². The molecule has 0 unspecified atom stereocenters. The van der Waals surface area contributed by atoms with E-state index in [0.29, 0.717) is 12.3 Å². The van der Waals surface area contributed by atoms with E-state index in [4.69, 9.17) is 21.4 Å². The Morgan fingerprint density at radius 1 is 1.16 bits per heavy atom. The van der Waals surface area contributed by atoms with Crippen LogP contribution in [0.4, 0.5) is 0 Å². The molecule has 1 aromatic heterocycles. The lowest BCUT2D eigenvalue weighted by Gasteiger charge is -2.11. The van der Waals surface area contributed by atoms with Crippen LogP contribution >= 0.6 is 11.6 Å². The first-order valence-electron chi connectivity index (χ1n) is 7.76. The number of aliphatic hydroxyl groups excluding tert-OH is 1. The predicted octanol–water partition coefficient (Wildman–Crippen LogP) is 3.54. The van der Waals surface area contributed by atoms with Crippen molar-refractivity contribution in [3.05, 3.63) is 86.8 Å². The second-order valence-electron chi connectivity index (χ2n) is 5.62. The molecule has 1 N–H and O–H groups in total. The minimum atomic E-state index is -0.408. The predicted molar refractivity (Wildman–Crippen MR) is 96.2 cm³/mol. The van der Waals surface area contributed by atoms with Gasteiger partial charge in [-0.15, -0.1) is 0 Å². The molecular formula is C19H17ClN2O3. The molecule has 0 aliphatic rings. The van der Waals surface area contributed by atoms with Crippen LogP contribution in [0.3, 0.4) is 0 Å². The van der Waals surface area contributed by atoms with Crippen LogP contribution in [0.25, 0.3) is 0 Å². The van der Waals surface area contributed by atoms with Crippen molar-refractivity contribution in [1.82, 2.24) is 9.78 Å². The first kappa shape index (κ1) is 17.2. The van der Waals surface area contributed by atoms with Gasteiger partial charge in [0.15, 0.2) is 10.8 Å². The van der Waals surface area contributed by atoms with Gasteiger partial charge in [0.05, 0.1) is 19.3 Å². The summed E-state index contributed by atoms with van der Waals surface area (Å²) >= 11 is 6.17. The number of ether oxygens (including phenoxy) is 1. The quantitative estimate of drug-likeness (QED) is 0.759. The Morgan fingerprint density at radius 2 is 1.88 bits per heavy atom. The van der Waals surface area contributed by atoms with Crippen LogP contribution in [-0.4, -0.2) is 14.9 Å². The van der Waals surface area contributed by atoms with E-state index >= 15 is 0 Å². The van der Waals surface area contributed by atoms with Gasteiger partial charge in [-0.1, -0.05) is 48.0 Å². The fraction of sp³-hybridized carbons (Fsp3) is 0.158. The molecule has 0 fully saturated rings. The number of hydrogen-bond acceptors (Lipinski definition) is 4. The molecular weight excluding hydrogens is 340 g/mol. The van der Waals surface area contributed by atoms with Crippen LogP contribution in [0.15, 0.2) is 59.5 Å². The Balaban J connectivity index is 1.85. The Hall–Kier alpha value is -2.63. The van der Waals surface area contributed by atoms with Crippen molar-refractivity contribution in [2.45, 2.75) is 20.1 Å². The largest absolute Gasteiger partial charge is 0.454 e. The normalized spacial score (nSPS) is 10.7. The number of hydrogen-bond donors (Lipinski definition) is 1. The highest BCUT2D eigenvalue weighted by molar-refractivity contribution is 6.31. The summed E-state index contributed by atoms with van der Waals surface area (Å²) in [4.78, 5) is 12.5. The first-order chi connectivity index (χ1) is 12.1. The standard InChI is InChI=1S/C19H17ClN2O3/c1-13-4-2-3-5-15(13)11-22-19(24)18(20)17(10-21-22)25-16-8-6-14(12-23)7-9-16/h2-10,23H,11-12H2,1H3. The summed E-state index contributed by atoms with van der Waals surface area (Å²) in [6, 6.07) is 14.6. The van der Waals surface area contributed by atoms with Gasteiger partial charge in [-0.2, -0.15) is 5.10 Å². The molecule has 128 valence electrons. The SMILES string of the molecule is Cc1ccccc1Cn1ncc(Oc2ccc(CO)cc2)c(Cl)c1=O. The lowest BCUT2D eigenvalue weighted by molar-refractivity contribution is 0.281. The second kappa shape index (κ2) is 7.51. The molecule has 0 bridgehead atoms. The highest BCUT2D eigenvalue weighted by atomic mass is 35.5. The molecule has 0 radical (unpaired) electrons. The van der Waals surface area contributed by atoms with Gasteiger partial charge >= 0.3 is 0 Å². The Kier molecular flexibility index (Phi) is 5.16. The topological polar surface area (TPSA) is 64.3 Å². The molecule has 0 spiro atoms. The molecule has 0 aliphatic carbocycles. The van der Waals surface area contributed by atoms with Gasteiger partial charge in [0.1, 0.15) is 5.75 Å².